The van der Waals surface area contributed by atoms with Gasteiger partial charge in [0.2, 0.25) is 0 Å². The number of hydrogen-bond donors (Lipinski definition) is 1. The van der Waals surface area contributed by atoms with Crippen molar-refractivity contribution >= 4 is 21.7 Å². The Labute approximate surface area is 121 Å². The quantitative estimate of drug-likeness (QED) is 0.883. The van der Waals surface area contributed by atoms with Gasteiger partial charge in [0, 0.05) is 18.3 Å². The fourth-order valence-electron chi connectivity index (χ4n) is 1.66. The molecule has 0 unspecified atom stereocenters. The van der Waals surface area contributed by atoms with Crippen LogP contribution in [0.2, 0.25) is 0 Å². The van der Waals surface area contributed by atoms with Crippen LogP contribution in [0.25, 0.3) is 11.6 Å². The van der Waals surface area contributed by atoms with E-state index in [1.165, 1.54) is 0 Å². The van der Waals surface area contributed by atoms with Gasteiger partial charge in [-0.1, -0.05) is 20.8 Å². The number of nitrogens with one attached hydrogen (secondary N) is 1. The van der Waals surface area contributed by atoms with Gasteiger partial charge in [0.25, 0.3) is 0 Å². The molecule has 2 aromatic heterocycles. The van der Waals surface area contributed by atoms with Gasteiger partial charge in [0.05, 0.1) is 10.7 Å². The number of nitrogens with zero attached hydrogens (tertiary/aromatic N) is 2. The lowest BCUT2D eigenvalue weighted by atomic mass is 10.1. The van der Waals surface area contributed by atoms with Crippen LogP contribution in [0.3, 0.4) is 0 Å². The molecule has 0 saturated heterocycles. The molecule has 0 radical (unpaired) electrons. The van der Waals surface area contributed by atoms with Crippen LogP contribution in [0, 0.1) is 0 Å². The summed E-state index contributed by atoms with van der Waals surface area (Å²) in [5, 5.41) is 3.30. The van der Waals surface area contributed by atoms with Crippen molar-refractivity contribution in [2.75, 3.05) is 11.9 Å². The monoisotopic (exact) mass is 323 g/mol. The van der Waals surface area contributed by atoms with Crippen molar-refractivity contribution in [2.24, 2.45) is 0 Å². The minimum atomic E-state index is 0.345. The minimum absolute atomic E-state index is 0.345. The first-order valence-corrected chi connectivity index (χ1v) is 7.27. The van der Waals surface area contributed by atoms with Crippen LogP contribution in [0.15, 0.2) is 27.3 Å². The van der Waals surface area contributed by atoms with Gasteiger partial charge in [-0.2, -0.15) is 0 Å². The van der Waals surface area contributed by atoms with E-state index in [1.54, 1.807) is 6.26 Å². The van der Waals surface area contributed by atoms with Crippen molar-refractivity contribution in [3.8, 4) is 11.6 Å². The minimum Gasteiger partial charge on any atom is -0.460 e. The topological polar surface area (TPSA) is 51.0 Å². The zero-order valence-electron chi connectivity index (χ0n) is 11.4. The van der Waals surface area contributed by atoms with E-state index in [4.69, 9.17) is 4.42 Å². The highest BCUT2D eigenvalue weighted by molar-refractivity contribution is 9.10. The average molecular weight is 324 g/mol. The third kappa shape index (κ3) is 3.35. The van der Waals surface area contributed by atoms with Crippen LogP contribution in [-0.2, 0) is 0 Å². The van der Waals surface area contributed by atoms with Gasteiger partial charge in [-0.25, -0.2) is 9.97 Å². The van der Waals surface area contributed by atoms with Crippen LogP contribution in [0.1, 0.15) is 38.8 Å². The fraction of sp³-hybridized carbons (Fsp3) is 0.429. The molecule has 102 valence electrons. The molecule has 2 heterocycles. The highest BCUT2D eigenvalue weighted by atomic mass is 79.9. The van der Waals surface area contributed by atoms with Gasteiger partial charge >= 0.3 is 0 Å². The lowest BCUT2D eigenvalue weighted by Gasteiger charge is -2.10. The molecule has 0 spiro atoms. The summed E-state index contributed by atoms with van der Waals surface area (Å²) in [6.45, 7) is 7.26. The Kier molecular flexibility index (Phi) is 4.58. The molecule has 0 aromatic carbocycles. The Morgan fingerprint density at radius 2 is 2.16 bits per heavy atom. The summed E-state index contributed by atoms with van der Waals surface area (Å²) in [6.07, 6.45) is 2.69. The molecule has 0 fully saturated rings. The molecule has 2 aromatic rings. The Morgan fingerprint density at radius 1 is 1.37 bits per heavy atom. The van der Waals surface area contributed by atoms with Crippen molar-refractivity contribution in [1.29, 1.82) is 0 Å². The molecule has 5 heteroatoms. The van der Waals surface area contributed by atoms with Crippen molar-refractivity contribution in [1.82, 2.24) is 9.97 Å². The van der Waals surface area contributed by atoms with E-state index in [0.29, 0.717) is 17.5 Å². The summed E-state index contributed by atoms with van der Waals surface area (Å²) >= 11 is 3.45. The van der Waals surface area contributed by atoms with E-state index < -0.39 is 0 Å². The number of anilines is 1. The number of rotatable bonds is 5. The Morgan fingerprint density at radius 3 is 2.74 bits per heavy atom. The van der Waals surface area contributed by atoms with Crippen molar-refractivity contribution in [2.45, 2.75) is 33.1 Å². The van der Waals surface area contributed by atoms with Crippen LogP contribution in [-0.4, -0.2) is 16.5 Å². The lowest BCUT2D eigenvalue weighted by molar-refractivity contribution is 0.575. The van der Waals surface area contributed by atoms with Crippen molar-refractivity contribution in [3.05, 3.63) is 28.6 Å². The molecule has 0 aliphatic carbocycles. The smallest absolute Gasteiger partial charge is 0.199 e. The molecule has 4 nitrogen and oxygen atoms in total. The molecular formula is C14H18BrN3O. The summed E-state index contributed by atoms with van der Waals surface area (Å²) in [5.41, 5.74) is 1.01. The summed E-state index contributed by atoms with van der Waals surface area (Å²) < 4.78 is 6.32. The highest BCUT2D eigenvalue weighted by Crippen LogP contribution is 2.28. The van der Waals surface area contributed by atoms with Gasteiger partial charge < -0.3 is 9.73 Å². The van der Waals surface area contributed by atoms with E-state index in [2.05, 4.69) is 52.0 Å². The Bertz CT molecular complexity index is 551. The first-order valence-electron chi connectivity index (χ1n) is 6.48. The Balaban J connectivity index is 2.42. The second-order valence-electron chi connectivity index (χ2n) is 4.68. The van der Waals surface area contributed by atoms with Gasteiger partial charge in [-0.3, -0.25) is 0 Å². The van der Waals surface area contributed by atoms with E-state index in [-0.39, 0.29) is 0 Å². The van der Waals surface area contributed by atoms with Crippen molar-refractivity contribution in [3.63, 3.8) is 0 Å². The summed E-state index contributed by atoms with van der Waals surface area (Å²) in [5.74, 6) is 2.47. The third-order valence-electron chi connectivity index (χ3n) is 2.71. The maximum Gasteiger partial charge on any atom is 0.199 e. The molecule has 0 atom stereocenters. The predicted molar refractivity (Wildman–Crippen MR) is 80.3 cm³/mol. The normalized spacial score (nSPS) is 11.0. The largest absolute Gasteiger partial charge is 0.460 e. The standard InChI is InChI=1S/C14H18BrN3O/c1-4-6-16-12-8-11(9(2)3)17-14(18-12)13-10(15)5-7-19-13/h5,7-9H,4,6H2,1-3H3,(H,16,17,18). The maximum atomic E-state index is 5.44. The fourth-order valence-corrected chi connectivity index (χ4v) is 2.04. The third-order valence-corrected chi connectivity index (χ3v) is 3.34. The molecule has 1 N–H and O–H groups in total. The van der Waals surface area contributed by atoms with Crippen LogP contribution >= 0.6 is 15.9 Å². The van der Waals surface area contributed by atoms with E-state index in [0.717, 1.165) is 29.0 Å². The second kappa shape index (κ2) is 6.19. The zero-order valence-corrected chi connectivity index (χ0v) is 13.0. The van der Waals surface area contributed by atoms with E-state index >= 15 is 0 Å². The van der Waals surface area contributed by atoms with Crippen molar-refractivity contribution < 1.29 is 4.42 Å². The summed E-state index contributed by atoms with van der Waals surface area (Å²) in [4.78, 5) is 9.08. The van der Waals surface area contributed by atoms with Gasteiger partial charge in [-0.15, -0.1) is 0 Å². The van der Waals surface area contributed by atoms with Gasteiger partial charge in [0.1, 0.15) is 5.82 Å². The average Bonchev–Trinajstić information content (AvgIpc) is 2.82. The Hall–Kier alpha value is -1.36. The SMILES string of the molecule is CCCNc1cc(C(C)C)nc(-c2occc2Br)n1. The van der Waals surface area contributed by atoms with Crippen LogP contribution < -0.4 is 5.32 Å². The molecular weight excluding hydrogens is 306 g/mol. The molecule has 0 saturated carbocycles. The van der Waals surface area contributed by atoms with Crippen LogP contribution in [0.5, 0.6) is 0 Å². The second-order valence-corrected chi connectivity index (χ2v) is 5.54. The first-order chi connectivity index (χ1) is 9.11. The van der Waals surface area contributed by atoms with Crippen LogP contribution in [0.4, 0.5) is 5.82 Å². The predicted octanol–water partition coefficient (Wildman–Crippen LogP) is 4.44. The lowest BCUT2D eigenvalue weighted by Crippen LogP contribution is -2.06. The van der Waals surface area contributed by atoms with Gasteiger partial charge in [0.15, 0.2) is 11.6 Å². The first kappa shape index (κ1) is 14.1. The molecule has 0 bridgehead atoms. The van der Waals surface area contributed by atoms with E-state index in [1.807, 2.05) is 12.1 Å². The number of halogens is 1. The molecule has 19 heavy (non-hydrogen) atoms. The number of furan rings is 1. The zero-order chi connectivity index (χ0) is 13.8. The number of hydrogen-bond acceptors (Lipinski definition) is 4. The van der Waals surface area contributed by atoms with E-state index in [9.17, 15) is 0 Å². The summed E-state index contributed by atoms with van der Waals surface area (Å²) in [7, 11) is 0. The molecule has 2 rings (SSSR count). The van der Waals surface area contributed by atoms with Gasteiger partial charge in [-0.05, 0) is 34.3 Å². The molecule has 0 aliphatic heterocycles. The summed E-state index contributed by atoms with van der Waals surface area (Å²) in [6, 6.07) is 3.85. The maximum absolute atomic E-state index is 5.44. The highest BCUT2D eigenvalue weighted by Gasteiger charge is 2.14. The number of aromatic nitrogens is 2. The molecule has 0 aliphatic rings. The molecule has 0 amide bonds.